The van der Waals surface area contributed by atoms with Crippen molar-refractivity contribution in [3.05, 3.63) is 66.2 Å². The first-order valence-corrected chi connectivity index (χ1v) is 10.3. The van der Waals surface area contributed by atoms with Gasteiger partial charge in [0.25, 0.3) is 0 Å². The first kappa shape index (κ1) is 19.5. The van der Waals surface area contributed by atoms with E-state index in [2.05, 4.69) is 21.9 Å². The molecule has 1 unspecified atom stereocenters. The van der Waals surface area contributed by atoms with E-state index in [0.717, 1.165) is 47.2 Å². The number of aryl methyl sites for hydroxylation is 1. The van der Waals surface area contributed by atoms with Gasteiger partial charge in [0.1, 0.15) is 11.4 Å². The van der Waals surface area contributed by atoms with E-state index in [1.54, 1.807) is 18.2 Å². The van der Waals surface area contributed by atoms with Crippen molar-refractivity contribution in [1.82, 2.24) is 20.1 Å². The van der Waals surface area contributed by atoms with Crippen molar-refractivity contribution >= 4 is 10.9 Å². The molecule has 0 radical (unpaired) electrons. The monoisotopic (exact) mass is 418 g/mol. The summed E-state index contributed by atoms with van der Waals surface area (Å²) in [6.07, 6.45) is 4.81. The number of rotatable bonds is 5. The lowest BCUT2D eigenvalue weighted by atomic mass is 10.1. The van der Waals surface area contributed by atoms with Crippen molar-refractivity contribution in [2.45, 2.75) is 19.4 Å². The van der Waals surface area contributed by atoms with Gasteiger partial charge >= 0.3 is 0 Å². The van der Waals surface area contributed by atoms with Crippen LogP contribution in [0.15, 0.2) is 54.9 Å². The number of nitrogens with zero attached hydrogens (tertiary/aromatic N) is 3. The third-order valence-corrected chi connectivity index (χ3v) is 5.68. The Kier molecular flexibility index (Phi) is 5.03. The van der Waals surface area contributed by atoms with Gasteiger partial charge in [-0.15, -0.1) is 0 Å². The lowest BCUT2D eigenvalue weighted by Gasteiger charge is -2.11. The van der Waals surface area contributed by atoms with Gasteiger partial charge < -0.3 is 14.8 Å². The van der Waals surface area contributed by atoms with Crippen LogP contribution in [0.2, 0.25) is 0 Å². The summed E-state index contributed by atoms with van der Waals surface area (Å²) in [4.78, 5) is 4.39. The Hall–Kier alpha value is -3.45. The molecule has 1 aliphatic rings. The van der Waals surface area contributed by atoms with Gasteiger partial charge in [-0.05, 0) is 61.9 Å². The molecule has 2 aromatic carbocycles. The van der Waals surface area contributed by atoms with E-state index in [9.17, 15) is 4.39 Å². The van der Waals surface area contributed by atoms with Crippen molar-refractivity contribution in [3.8, 4) is 28.5 Å². The van der Waals surface area contributed by atoms with Gasteiger partial charge in [-0.1, -0.05) is 6.07 Å². The molecular weight excluding hydrogens is 395 g/mol. The minimum absolute atomic E-state index is 0.121. The molecule has 1 N–H and O–H groups in total. The van der Waals surface area contributed by atoms with Gasteiger partial charge in [0.15, 0.2) is 11.5 Å². The molecular formula is C24H23FN4O2. The standard InChI is InChI=1S/C24H23FN4O2/c1-15-12-27-14-19-23(28-29(24(15)19)17-10-11-26-13-17)16-6-8-18(9-7-16)31-21-5-3-4-20(30-2)22(21)25/h3-9,12,14,17,26H,10-11,13H2,1-2H3. The molecule has 1 atom stereocenters. The van der Waals surface area contributed by atoms with Gasteiger partial charge in [0, 0.05) is 29.9 Å². The number of aromatic nitrogens is 3. The number of methoxy groups -OCH3 is 1. The van der Waals surface area contributed by atoms with Crippen LogP contribution in [0, 0.1) is 12.7 Å². The maximum Gasteiger partial charge on any atom is 0.207 e. The van der Waals surface area contributed by atoms with E-state index < -0.39 is 5.82 Å². The summed E-state index contributed by atoms with van der Waals surface area (Å²) < 4.78 is 27.3. The maximum absolute atomic E-state index is 14.4. The number of benzene rings is 2. The third kappa shape index (κ3) is 3.51. The van der Waals surface area contributed by atoms with E-state index in [-0.39, 0.29) is 11.5 Å². The Morgan fingerprint density at radius 3 is 2.65 bits per heavy atom. The zero-order chi connectivity index (χ0) is 21.4. The first-order valence-electron chi connectivity index (χ1n) is 10.3. The molecule has 0 spiro atoms. The van der Waals surface area contributed by atoms with E-state index >= 15 is 0 Å². The molecule has 0 bridgehead atoms. The Morgan fingerprint density at radius 2 is 1.90 bits per heavy atom. The second-order valence-corrected chi connectivity index (χ2v) is 7.69. The summed E-state index contributed by atoms with van der Waals surface area (Å²) in [5, 5.41) is 9.41. The lowest BCUT2D eigenvalue weighted by Crippen LogP contribution is -2.14. The van der Waals surface area contributed by atoms with E-state index in [1.807, 2.05) is 36.7 Å². The summed E-state index contributed by atoms with van der Waals surface area (Å²) >= 11 is 0. The average Bonchev–Trinajstić information content (AvgIpc) is 3.44. The molecule has 0 saturated carbocycles. The van der Waals surface area contributed by atoms with Crippen molar-refractivity contribution in [3.63, 3.8) is 0 Å². The Labute approximate surface area is 179 Å². The van der Waals surface area contributed by atoms with E-state index in [1.165, 1.54) is 7.11 Å². The topological polar surface area (TPSA) is 61.2 Å². The normalized spacial score (nSPS) is 16.0. The van der Waals surface area contributed by atoms with Crippen molar-refractivity contribution in [2.75, 3.05) is 20.2 Å². The molecule has 4 aromatic rings. The van der Waals surface area contributed by atoms with Gasteiger partial charge in [0.2, 0.25) is 5.82 Å². The van der Waals surface area contributed by atoms with Crippen molar-refractivity contribution in [2.24, 2.45) is 0 Å². The molecule has 2 aromatic heterocycles. The number of hydrogen-bond acceptors (Lipinski definition) is 5. The molecule has 1 saturated heterocycles. The second kappa shape index (κ2) is 8.00. The summed E-state index contributed by atoms with van der Waals surface area (Å²) in [6, 6.07) is 12.7. The van der Waals surface area contributed by atoms with Gasteiger partial charge in [-0.3, -0.25) is 9.67 Å². The van der Waals surface area contributed by atoms with Crippen LogP contribution < -0.4 is 14.8 Å². The Bertz CT molecular complexity index is 1230. The minimum Gasteiger partial charge on any atom is -0.494 e. The Balaban J connectivity index is 1.50. The quantitative estimate of drug-likeness (QED) is 0.501. The Morgan fingerprint density at radius 1 is 1.10 bits per heavy atom. The smallest absolute Gasteiger partial charge is 0.207 e. The van der Waals surface area contributed by atoms with Crippen LogP contribution in [0.3, 0.4) is 0 Å². The molecule has 158 valence electrons. The van der Waals surface area contributed by atoms with Crippen LogP contribution in [0.4, 0.5) is 4.39 Å². The minimum atomic E-state index is -0.523. The number of hydrogen-bond donors (Lipinski definition) is 1. The highest BCUT2D eigenvalue weighted by Crippen LogP contribution is 2.34. The van der Waals surface area contributed by atoms with Crippen LogP contribution in [0.5, 0.6) is 17.2 Å². The highest BCUT2D eigenvalue weighted by molar-refractivity contribution is 5.94. The number of nitrogens with one attached hydrogen (secondary N) is 1. The molecule has 31 heavy (non-hydrogen) atoms. The molecule has 7 heteroatoms. The highest BCUT2D eigenvalue weighted by Gasteiger charge is 2.23. The summed E-state index contributed by atoms with van der Waals surface area (Å²) in [5.74, 6) is 0.283. The predicted molar refractivity (Wildman–Crippen MR) is 117 cm³/mol. The third-order valence-electron chi connectivity index (χ3n) is 5.68. The highest BCUT2D eigenvalue weighted by atomic mass is 19.1. The molecule has 3 heterocycles. The van der Waals surface area contributed by atoms with E-state index in [0.29, 0.717) is 11.8 Å². The summed E-state index contributed by atoms with van der Waals surface area (Å²) in [6.45, 7) is 3.98. The SMILES string of the molecule is COc1cccc(Oc2ccc(-c3nn(C4CCNC4)c4c(C)cncc34)cc2)c1F. The van der Waals surface area contributed by atoms with Gasteiger partial charge in [-0.2, -0.15) is 9.49 Å². The fourth-order valence-electron chi connectivity index (χ4n) is 4.11. The number of fused-ring (bicyclic) bond motifs is 1. The first-order chi connectivity index (χ1) is 15.2. The fourth-order valence-corrected chi connectivity index (χ4v) is 4.11. The van der Waals surface area contributed by atoms with Crippen LogP contribution >= 0.6 is 0 Å². The van der Waals surface area contributed by atoms with Crippen LogP contribution in [-0.4, -0.2) is 35.0 Å². The molecule has 5 rings (SSSR count). The van der Waals surface area contributed by atoms with Crippen LogP contribution in [0.1, 0.15) is 18.0 Å². The number of ether oxygens (including phenoxy) is 2. The second-order valence-electron chi connectivity index (χ2n) is 7.69. The summed E-state index contributed by atoms with van der Waals surface area (Å²) in [5.41, 5.74) is 4.08. The lowest BCUT2D eigenvalue weighted by molar-refractivity contribution is 0.368. The largest absolute Gasteiger partial charge is 0.494 e. The van der Waals surface area contributed by atoms with Crippen molar-refractivity contribution < 1.29 is 13.9 Å². The van der Waals surface area contributed by atoms with Crippen LogP contribution in [0.25, 0.3) is 22.2 Å². The zero-order valence-corrected chi connectivity index (χ0v) is 17.4. The molecule has 6 nitrogen and oxygen atoms in total. The average molecular weight is 418 g/mol. The fraction of sp³-hybridized carbons (Fsp3) is 0.250. The van der Waals surface area contributed by atoms with Gasteiger partial charge in [0.05, 0.1) is 18.7 Å². The molecule has 0 amide bonds. The number of pyridine rings is 1. The van der Waals surface area contributed by atoms with Gasteiger partial charge in [-0.25, -0.2) is 0 Å². The molecule has 0 aliphatic carbocycles. The zero-order valence-electron chi connectivity index (χ0n) is 17.4. The van der Waals surface area contributed by atoms with Crippen LogP contribution in [-0.2, 0) is 0 Å². The van der Waals surface area contributed by atoms with E-state index in [4.69, 9.17) is 14.6 Å². The van der Waals surface area contributed by atoms with Crippen molar-refractivity contribution in [1.29, 1.82) is 0 Å². The number of halogens is 1. The molecule has 1 aliphatic heterocycles. The maximum atomic E-state index is 14.4. The predicted octanol–water partition coefficient (Wildman–Crippen LogP) is 4.88. The molecule has 1 fully saturated rings. The summed E-state index contributed by atoms with van der Waals surface area (Å²) in [7, 11) is 1.43.